The van der Waals surface area contributed by atoms with E-state index < -0.39 is 0 Å². The maximum Gasteiger partial charge on any atom is 0.126 e. The maximum absolute atomic E-state index is 13.5. The normalized spacial score (nSPS) is 14.1. The highest BCUT2D eigenvalue weighted by Gasteiger charge is 2.15. The monoisotopic (exact) mass is 434 g/mol. The molecule has 0 saturated heterocycles. The fraction of sp³-hybridized carbons (Fsp3) is 0.280. The molecule has 0 spiro atoms. The number of benzene rings is 2. The molecular weight excluding hydrogens is 411 g/mol. The van der Waals surface area contributed by atoms with E-state index in [0.717, 1.165) is 35.3 Å². The quantitative estimate of drug-likeness (QED) is 0.449. The molecule has 2 aromatic carbocycles. The van der Waals surface area contributed by atoms with Gasteiger partial charge in [-0.15, -0.1) is 0 Å². The first kappa shape index (κ1) is 21.1. The van der Waals surface area contributed by atoms with Gasteiger partial charge in [-0.1, -0.05) is 49.1 Å². The Morgan fingerprint density at radius 3 is 2.71 bits per heavy atom. The van der Waals surface area contributed by atoms with E-state index in [1.165, 1.54) is 31.4 Å². The van der Waals surface area contributed by atoms with Crippen LogP contribution >= 0.6 is 11.6 Å². The van der Waals surface area contributed by atoms with Crippen molar-refractivity contribution in [3.05, 3.63) is 76.7 Å². The number of anilines is 2. The predicted molar refractivity (Wildman–Crippen MR) is 124 cm³/mol. The molecule has 0 atom stereocenters. The van der Waals surface area contributed by atoms with Crippen LogP contribution in [0, 0.1) is 17.1 Å². The first-order valence-electron chi connectivity index (χ1n) is 10.6. The van der Waals surface area contributed by atoms with E-state index in [1.807, 2.05) is 24.3 Å². The minimum absolute atomic E-state index is 0.282. The van der Waals surface area contributed by atoms with E-state index >= 15 is 0 Å². The van der Waals surface area contributed by atoms with Gasteiger partial charge in [0, 0.05) is 24.3 Å². The molecule has 1 saturated carbocycles. The van der Waals surface area contributed by atoms with Crippen LogP contribution < -0.4 is 10.6 Å². The third-order valence-electron chi connectivity index (χ3n) is 5.64. The zero-order valence-corrected chi connectivity index (χ0v) is 17.9. The third-order valence-corrected chi connectivity index (χ3v) is 5.94. The molecule has 0 bridgehead atoms. The number of pyridine rings is 1. The molecule has 0 amide bonds. The Bertz CT molecular complexity index is 1100. The summed E-state index contributed by atoms with van der Waals surface area (Å²) in [6, 6.07) is 16.6. The lowest BCUT2D eigenvalue weighted by Crippen LogP contribution is -2.22. The highest BCUT2D eigenvalue weighted by molar-refractivity contribution is 6.33. The topological polar surface area (TPSA) is 60.7 Å². The zero-order valence-electron chi connectivity index (χ0n) is 17.2. The van der Waals surface area contributed by atoms with Crippen LogP contribution in [0.15, 0.2) is 54.7 Å². The Balaban J connectivity index is 1.58. The summed E-state index contributed by atoms with van der Waals surface area (Å²) in [5.41, 5.74) is 3.74. The molecule has 4 rings (SSSR count). The van der Waals surface area contributed by atoms with Crippen molar-refractivity contribution in [2.45, 2.75) is 44.7 Å². The number of hydrogen-bond acceptors (Lipinski definition) is 4. The number of aromatic nitrogens is 1. The molecule has 158 valence electrons. The van der Waals surface area contributed by atoms with Crippen molar-refractivity contribution in [1.29, 1.82) is 5.26 Å². The molecule has 4 nitrogen and oxygen atoms in total. The van der Waals surface area contributed by atoms with E-state index in [-0.39, 0.29) is 5.82 Å². The minimum Gasteiger partial charge on any atom is -0.380 e. The Labute approximate surface area is 187 Å². The summed E-state index contributed by atoms with van der Waals surface area (Å²) >= 11 is 6.47. The second-order valence-corrected chi connectivity index (χ2v) is 8.29. The maximum atomic E-state index is 13.5. The summed E-state index contributed by atoms with van der Waals surface area (Å²) in [5, 5.41) is 16.8. The van der Waals surface area contributed by atoms with Gasteiger partial charge in [0.25, 0.3) is 0 Å². The first-order valence-corrected chi connectivity index (χ1v) is 10.9. The lowest BCUT2D eigenvalue weighted by atomic mass is 9.95. The fourth-order valence-corrected chi connectivity index (χ4v) is 4.21. The van der Waals surface area contributed by atoms with Gasteiger partial charge in [0.15, 0.2) is 0 Å². The molecule has 1 aliphatic rings. The third kappa shape index (κ3) is 5.34. The standard InChI is InChI=1S/C25H24ClFN4/c26-23-16-30-25(31-21-7-2-1-3-8-21)13-22(23)18-9-10-19(14-28)24(12-18)29-15-17-5-4-6-20(27)11-17/h4-6,9-13,16,21,29H,1-3,7-8,15H2,(H,30,31). The molecule has 1 heterocycles. The molecule has 0 unspecified atom stereocenters. The van der Waals surface area contributed by atoms with Crippen molar-refractivity contribution < 1.29 is 4.39 Å². The average Bonchev–Trinajstić information content (AvgIpc) is 2.79. The van der Waals surface area contributed by atoms with Crippen LogP contribution in [0.2, 0.25) is 5.02 Å². The Kier molecular flexibility index (Phi) is 6.69. The van der Waals surface area contributed by atoms with Crippen molar-refractivity contribution in [2.24, 2.45) is 0 Å². The van der Waals surface area contributed by atoms with Gasteiger partial charge in [0.2, 0.25) is 0 Å². The fourth-order valence-electron chi connectivity index (χ4n) is 3.99. The van der Waals surface area contributed by atoms with Gasteiger partial charge in [-0.2, -0.15) is 5.26 Å². The van der Waals surface area contributed by atoms with E-state index in [1.54, 1.807) is 18.3 Å². The summed E-state index contributed by atoms with van der Waals surface area (Å²) in [5.74, 6) is 0.528. The molecule has 1 aromatic heterocycles. The molecule has 0 aliphatic heterocycles. The highest BCUT2D eigenvalue weighted by Crippen LogP contribution is 2.33. The van der Waals surface area contributed by atoms with Gasteiger partial charge in [-0.3, -0.25) is 0 Å². The molecular formula is C25H24ClFN4. The molecule has 2 N–H and O–H groups in total. The van der Waals surface area contributed by atoms with Gasteiger partial charge in [0.1, 0.15) is 17.7 Å². The predicted octanol–water partition coefficient (Wildman–Crippen LogP) is 6.77. The van der Waals surface area contributed by atoms with Crippen LogP contribution in [0.1, 0.15) is 43.2 Å². The lowest BCUT2D eigenvalue weighted by Gasteiger charge is -2.23. The first-order chi connectivity index (χ1) is 15.1. The Hall–Kier alpha value is -3.10. The number of hydrogen-bond donors (Lipinski definition) is 2. The lowest BCUT2D eigenvalue weighted by molar-refractivity contribution is 0.462. The van der Waals surface area contributed by atoms with Crippen LogP contribution in [-0.2, 0) is 6.54 Å². The number of rotatable bonds is 6. The number of nitriles is 1. The van der Waals surface area contributed by atoms with Crippen LogP contribution in [0.25, 0.3) is 11.1 Å². The van der Waals surface area contributed by atoms with Crippen LogP contribution in [0.4, 0.5) is 15.9 Å². The van der Waals surface area contributed by atoms with Crippen molar-refractivity contribution in [3.63, 3.8) is 0 Å². The average molecular weight is 435 g/mol. The summed E-state index contributed by atoms with van der Waals surface area (Å²) < 4.78 is 13.5. The van der Waals surface area contributed by atoms with Crippen molar-refractivity contribution in [1.82, 2.24) is 4.98 Å². The number of halogens is 2. The largest absolute Gasteiger partial charge is 0.380 e. The van der Waals surface area contributed by atoms with Gasteiger partial charge < -0.3 is 10.6 Å². The van der Waals surface area contributed by atoms with Gasteiger partial charge in [0.05, 0.1) is 16.3 Å². The molecule has 3 aromatic rings. The van der Waals surface area contributed by atoms with Crippen LogP contribution in [0.3, 0.4) is 0 Å². The second kappa shape index (κ2) is 9.80. The van der Waals surface area contributed by atoms with Gasteiger partial charge in [-0.05, 0) is 54.3 Å². The Morgan fingerprint density at radius 2 is 1.94 bits per heavy atom. The molecule has 0 radical (unpaired) electrons. The minimum atomic E-state index is -0.282. The van der Waals surface area contributed by atoms with E-state index in [4.69, 9.17) is 11.6 Å². The van der Waals surface area contributed by atoms with E-state index in [0.29, 0.717) is 28.9 Å². The van der Waals surface area contributed by atoms with Crippen molar-refractivity contribution in [3.8, 4) is 17.2 Å². The molecule has 1 fully saturated rings. The Morgan fingerprint density at radius 1 is 1.10 bits per heavy atom. The van der Waals surface area contributed by atoms with E-state index in [9.17, 15) is 9.65 Å². The molecule has 31 heavy (non-hydrogen) atoms. The second-order valence-electron chi connectivity index (χ2n) is 7.88. The molecule has 6 heteroatoms. The summed E-state index contributed by atoms with van der Waals surface area (Å²) in [7, 11) is 0. The number of nitrogens with one attached hydrogen (secondary N) is 2. The zero-order chi connectivity index (χ0) is 21.6. The number of nitrogens with zero attached hydrogens (tertiary/aromatic N) is 2. The molecule has 1 aliphatic carbocycles. The van der Waals surface area contributed by atoms with Crippen molar-refractivity contribution in [2.75, 3.05) is 10.6 Å². The summed E-state index contributed by atoms with van der Waals surface area (Å²) in [4.78, 5) is 4.45. The van der Waals surface area contributed by atoms with Crippen LogP contribution in [-0.4, -0.2) is 11.0 Å². The van der Waals surface area contributed by atoms with Gasteiger partial charge in [-0.25, -0.2) is 9.37 Å². The van der Waals surface area contributed by atoms with E-state index in [2.05, 4.69) is 21.7 Å². The van der Waals surface area contributed by atoms with Crippen LogP contribution in [0.5, 0.6) is 0 Å². The SMILES string of the molecule is N#Cc1ccc(-c2cc(NC3CCCCC3)ncc2Cl)cc1NCc1cccc(F)c1. The highest BCUT2D eigenvalue weighted by atomic mass is 35.5. The summed E-state index contributed by atoms with van der Waals surface area (Å²) in [6.45, 7) is 0.411. The van der Waals surface area contributed by atoms with Crippen molar-refractivity contribution >= 4 is 23.1 Å². The van der Waals surface area contributed by atoms with Gasteiger partial charge >= 0.3 is 0 Å². The summed E-state index contributed by atoms with van der Waals surface area (Å²) in [6.07, 6.45) is 7.77. The smallest absolute Gasteiger partial charge is 0.126 e.